The molecule has 3 rings (SSSR count). The summed E-state index contributed by atoms with van der Waals surface area (Å²) < 4.78 is 1.82. The van der Waals surface area contributed by atoms with Gasteiger partial charge in [-0.05, 0) is 36.3 Å². The van der Waals surface area contributed by atoms with Crippen molar-refractivity contribution in [1.29, 1.82) is 0 Å². The number of nitrogens with zero attached hydrogens (tertiary/aromatic N) is 6. The average molecular weight is 419 g/mol. The first kappa shape index (κ1) is 21.5. The Morgan fingerprint density at radius 1 is 1.32 bits per heavy atom. The quantitative estimate of drug-likeness (QED) is 0.320. The molecule has 0 fully saturated rings. The second kappa shape index (κ2) is 9.53. The minimum absolute atomic E-state index is 0.330. The van der Waals surface area contributed by atoms with Gasteiger partial charge < -0.3 is 16.0 Å². The molecular formula is C21H25N9O. The van der Waals surface area contributed by atoms with E-state index in [-0.39, 0.29) is 6.03 Å². The van der Waals surface area contributed by atoms with Gasteiger partial charge >= 0.3 is 6.03 Å². The molecule has 4 N–H and O–H groups in total. The number of aliphatic imine (C=N–C) groups is 1. The molecule has 0 spiro atoms. The minimum Gasteiger partial charge on any atom is -0.370 e. The minimum atomic E-state index is -0.330. The standard InChI is InChI=1S/C21H25N9O/c1-5-14(12-26-20(22)29(3)4)15-10-16(19-24-8-7-9-25-19)30-13-17(27-18(30)11-15)28-21(31)23-6-2/h5,7-13H,1,6H2,2-4H3,(H2,22,26)(H2,23,28,31)/b14-12+. The highest BCUT2D eigenvalue weighted by Gasteiger charge is 2.14. The van der Waals surface area contributed by atoms with Crippen molar-refractivity contribution in [1.82, 2.24) is 29.6 Å². The van der Waals surface area contributed by atoms with Crippen LogP contribution in [0.25, 0.3) is 22.7 Å². The van der Waals surface area contributed by atoms with Crippen molar-refractivity contribution in [2.24, 2.45) is 10.7 Å². The van der Waals surface area contributed by atoms with Crippen molar-refractivity contribution in [2.75, 3.05) is 26.0 Å². The van der Waals surface area contributed by atoms with E-state index < -0.39 is 0 Å². The van der Waals surface area contributed by atoms with Crippen LogP contribution in [0, 0.1) is 0 Å². The van der Waals surface area contributed by atoms with Gasteiger partial charge in [0, 0.05) is 39.2 Å². The predicted molar refractivity (Wildman–Crippen MR) is 122 cm³/mol. The lowest BCUT2D eigenvalue weighted by Gasteiger charge is -2.10. The van der Waals surface area contributed by atoms with Crippen molar-refractivity contribution >= 4 is 29.0 Å². The van der Waals surface area contributed by atoms with Gasteiger partial charge in [0.05, 0.1) is 11.9 Å². The first-order valence-electron chi connectivity index (χ1n) is 9.62. The van der Waals surface area contributed by atoms with Crippen molar-refractivity contribution in [3.05, 3.63) is 61.2 Å². The number of imidazole rings is 1. The fourth-order valence-electron chi connectivity index (χ4n) is 2.73. The van der Waals surface area contributed by atoms with E-state index in [1.807, 2.05) is 37.6 Å². The Kier molecular flexibility index (Phi) is 6.61. The smallest absolute Gasteiger partial charge is 0.320 e. The van der Waals surface area contributed by atoms with E-state index in [0.717, 1.165) is 11.1 Å². The second-order valence-corrected chi connectivity index (χ2v) is 6.71. The summed E-state index contributed by atoms with van der Waals surface area (Å²) in [4.78, 5) is 31.2. The highest BCUT2D eigenvalue weighted by molar-refractivity contribution is 5.89. The van der Waals surface area contributed by atoms with Crippen molar-refractivity contribution < 1.29 is 4.79 Å². The topological polar surface area (TPSA) is 126 Å². The summed E-state index contributed by atoms with van der Waals surface area (Å²) >= 11 is 0. The Morgan fingerprint density at radius 3 is 2.71 bits per heavy atom. The number of urea groups is 1. The zero-order valence-corrected chi connectivity index (χ0v) is 17.7. The van der Waals surface area contributed by atoms with Crippen molar-refractivity contribution in [2.45, 2.75) is 6.92 Å². The van der Waals surface area contributed by atoms with Gasteiger partial charge in [0.25, 0.3) is 0 Å². The molecule has 2 amide bonds. The van der Waals surface area contributed by atoms with Gasteiger partial charge in [0.2, 0.25) is 0 Å². The first-order chi connectivity index (χ1) is 14.9. The first-order valence-corrected chi connectivity index (χ1v) is 9.62. The van der Waals surface area contributed by atoms with Gasteiger partial charge in [-0.15, -0.1) is 0 Å². The van der Waals surface area contributed by atoms with Gasteiger partial charge in [-0.2, -0.15) is 0 Å². The molecule has 3 aromatic rings. The van der Waals surface area contributed by atoms with Crippen LogP contribution < -0.4 is 16.4 Å². The summed E-state index contributed by atoms with van der Waals surface area (Å²) in [6, 6.07) is 5.19. The Hall–Kier alpha value is -4.21. The third-order valence-electron chi connectivity index (χ3n) is 4.29. The Labute approximate surface area is 180 Å². The second-order valence-electron chi connectivity index (χ2n) is 6.71. The monoisotopic (exact) mass is 419 g/mol. The van der Waals surface area contributed by atoms with Crippen LogP contribution >= 0.6 is 0 Å². The van der Waals surface area contributed by atoms with Gasteiger partial charge in [0.1, 0.15) is 5.65 Å². The number of carbonyl (C=O) groups is 1. The van der Waals surface area contributed by atoms with E-state index in [1.165, 1.54) is 0 Å². The van der Waals surface area contributed by atoms with Gasteiger partial charge in [0.15, 0.2) is 17.6 Å². The van der Waals surface area contributed by atoms with E-state index in [2.05, 4.69) is 37.2 Å². The molecule has 0 saturated carbocycles. The highest BCUT2D eigenvalue weighted by atomic mass is 16.2. The molecule has 0 aromatic carbocycles. The fourth-order valence-corrected chi connectivity index (χ4v) is 2.73. The summed E-state index contributed by atoms with van der Waals surface area (Å²) in [5.41, 5.74) is 8.74. The van der Waals surface area contributed by atoms with Gasteiger partial charge in [-0.1, -0.05) is 12.7 Å². The van der Waals surface area contributed by atoms with Crippen molar-refractivity contribution in [3.63, 3.8) is 0 Å². The third-order valence-corrected chi connectivity index (χ3v) is 4.29. The maximum Gasteiger partial charge on any atom is 0.320 e. The Bertz CT molecular complexity index is 1150. The number of nitrogens with one attached hydrogen (secondary N) is 2. The van der Waals surface area contributed by atoms with E-state index in [4.69, 9.17) is 5.73 Å². The summed E-state index contributed by atoms with van der Waals surface area (Å²) in [5.74, 6) is 1.27. The predicted octanol–water partition coefficient (Wildman–Crippen LogP) is 2.34. The normalized spacial score (nSPS) is 12.0. The van der Waals surface area contributed by atoms with Gasteiger partial charge in [-0.25, -0.2) is 24.7 Å². The number of pyridine rings is 1. The van der Waals surface area contributed by atoms with Crippen LogP contribution in [-0.4, -0.2) is 56.9 Å². The Balaban J connectivity index is 2.15. The molecule has 3 aromatic heterocycles. The summed E-state index contributed by atoms with van der Waals surface area (Å²) in [6.07, 6.45) is 8.38. The summed E-state index contributed by atoms with van der Waals surface area (Å²) in [6.45, 7) is 6.24. The number of guanidine groups is 1. The highest BCUT2D eigenvalue weighted by Crippen LogP contribution is 2.26. The maximum absolute atomic E-state index is 11.9. The zero-order chi connectivity index (χ0) is 22.4. The van der Waals surface area contributed by atoms with Crippen LogP contribution in [0.1, 0.15) is 12.5 Å². The molecule has 0 aliphatic carbocycles. The lowest BCUT2D eigenvalue weighted by atomic mass is 10.1. The fraction of sp³-hybridized carbons (Fsp3) is 0.190. The van der Waals surface area contributed by atoms with Crippen LogP contribution in [0.2, 0.25) is 0 Å². The number of allylic oxidation sites excluding steroid dienone is 2. The van der Waals surface area contributed by atoms with Crippen molar-refractivity contribution in [3.8, 4) is 11.5 Å². The molecule has 0 atom stereocenters. The zero-order valence-electron chi connectivity index (χ0n) is 17.7. The SMILES string of the molecule is C=C/C(=C\N=C(/N)N(C)C)c1cc(-c2ncccn2)n2cc(NC(=O)NCC)nc2c1. The molecule has 0 saturated heterocycles. The molecule has 160 valence electrons. The van der Waals surface area contributed by atoms with E-state index >= 15 is 0 Å². The molecule has 3 heterocycles. The molecule has 0 radical (unpaired) electrons. The largest absolute Gasteiger partial charge is 0.370 e. The summed E-state index contributed by atoms with van der Waals surface area (Å²) in [5, 5.41) is 5.41. The van der Waals surface area contributed by atoms with Gasteiger partial charge in [-0.3, -0.25) is 9.72 Å². The van der Waals surface area contributed by atoms with Crippen LogP contribution in [0.5, 0.6) is 0 Å². The molecule has 31 heavy (non-hydrogen) atoms. The molecule has 0 aliphatic heterocycles. The Morgan fingerprint density at radius 2 is 2.06 bits per heavy atom. The average Bonchev–Trinajstić information content (AvgIpc) is 3.16. The molecule has 10 heteroatoms. The molecule has 10 nitrogen and oxygen atoms in total. The lowest BCUT2D eigenvalue weighted by Crippen LogP contribution is -2.29. The number of rotatable bonds is 6. The number of fused-ring (bicyclic) bond motifs is 1. The number of nitrogens with two attached hydrogens (primary N) is 1. The number of anilines is 1. The molecule has 0 unspecified atom stereocenters. The number of aromatic nitrogens is 4. The van der Waals surface area contributed by atoms with E-state index in [9.17, 15) is 4.79 Å². The van der Waals surface area contributed by atoms with E-state index in [0.29, 0.717) is 35.5 Å². The summed E-state index contributed by atoms with van der Waals surface area (Å²) in [7, 11) is 3.62. The van der Waals surface area contributed by atoms with Crippen LogP contribution in [0.15, 0.2) is 60.6 Å². The number of amides is 2. The molecular weight excluding hydrogens is 394 g/mol. The van der Waals surface area contributed by atoms with Crippen LogP contribution in [0.3, 0.4) is 0 Å². The van der Waals surface area contributed by atoms with E-state index in [1.54, 1.807) is 41.8 Å². The number of carbonyl (C=O) groups excluding carboxylic acids is 1. The number of hydrogen-bond acceptors (Lipinski definition) is 5. The molecule has 0 bridgehead atoms. The number of hydrogen-bond donors (Lipinski definition) is 3. The lowest BCUT2D eigenvalue weighted by molar-refractivity contribution is 0.252. The van der Waals surface area contributed by atoms with Crippen LogP contribution in [0.4, 0.5) is 10.6 Å². The third kappa shape index (κ3) is 5.04. The molecule has 0 aliphatic rings. The van der Waals surface area contributed by atoms with Crippen LogP contribution in [-0.2, 0) is 0 Å². The maximum atomic E-state index is 11.9.